The van der Waals surface area contributed by atoms with Crippen LogP contribution in [0, 0.1) is 0 Å². The van der Waals surface area contributed by atoms with Gasteiger partial charge in [0.25, 0.3) is 0 Å². The molecule has 4 N–H and O–H groups in total. The van der Waals surface area contributed by atoms with Gasteiger partial charge in [0.2, 0.25) is 11.8 Å². The zero-order chi connectivity index (χ0) is 11.5. The van der Waals surface area contributed by atoms with E-state index in [-0.39, 0.29) is 11.8 Å². The molecule has 2 rings (SSSR count). The molecule has 0 aliphatic carbocycles. The lowest BCUT2D eigenvalue weighted by Gasteiger charge is -2.12. The molecule has 1 aromatic carbocycles. The van der Waals surface area contributed by atoms with Crippen molar-refractivity contribution in [3.8, 4) is 0 Å². The second-order valence-electron chi connectivity index (χ2n) is 3.74. The van der Waals surface area contributed by atoms with Crippen LogP contribution in [0.4, 0.5) is 11.4 Å². The van der Waals surface area contributed by atoms with Gasteiger partial charge in [0, 0.05) is 6.42 Å². The third-order valence-electron chi connectivity index (χ3n) is 2.53. The van der Waals surface area contributed by atoms with Crippen LogP contribution in [-0.2, 0) is 9.59 Å². The lowest BCUT2D eigenvalue weighted by Crippen LogP contribution is -2.37. The standard InChI is InChI=1S/C11H13N3O2/c12-7-3-1-2-4-8(7)14-11(16)9-5-6-10(15)13-9/h1-4,9H,5-6,12H2,(H,13,15)(H,14,16). The minimum absolute atomic E-state index is 0.0822. The lowest BCUT2D eigenvalue weighted by molar-refractivity contribution is -0.122. The first-order valence-corrected chi connectivity index (χ1v) is 5.11. The van der Waals surface area contributed by atoms with Crippen LogP contribution in [0.5, 0.6) is 0 Å². The normalized spacial score (nSPS) is 19.2. The summed E-state index contributed by atoms with van der Waals surface area (Å²) in [5.41, 5.74) is 6.78. The summed E-state index contributed by atoms with van der Waals surface area (Å²) >= 11 is 0. The Kier molecular flexibility index (Phi) is 2.76. The number of amides is 2. The van der Waals surface area contributed by atoms with Crippen molar-refractivity contribution in [1.29, 1.82) is 0 Å². The molecule has 0 spiro atoms. The summed E-state index contributed by atoms with van der Waals surface area (Å²) in [7, 11) is 0. The van der Waals surface area contributed by atoms with Crippen LogP contribution in [0.25, 0.3) is 0 Å². The summed E-state index contributed by atoms with van der Waals surface area (Å²) in [6.45, 7) is 0. The molecule has 5 nitrogen and oxygen atoms in total. The van der Waals surface area contributed by atoms with E-state index in [0.29, 0.717) is 24.2 Å². The molecule has 1 saturated heterocycles. The Labute approximate surface area is 93.0 Å². The second-order valence-corrected chi connectivity index (χ2v) is 3.74. The third-order valence-corrected chi connectivity index (χ3v) is 2.53. The van der Waals surface area contributed by atoms with Crippen LogP contribution < -0.4 is 16.4 Å². The van der Waals surface area contributed by atoms with Gasteiger partial charge < -0.3 is 16.4 Å². The van der Waals surface area contributed by atoms with Crippen molar-refractivity contribution < 1.29 is 9.59 Å². The van der Waals surface area contributed by atoms with E-state index >= 15 is 0 Å². The molecule has 1 aliphatic heterocycles. The number of hydrogen-bond acceptors (Lipinski definition) is 3. The Hall–Kier alpha value is -2.04. The van der Waals surface area contributed by atoms with Crippen LogP contribution in [0.3, 0.4) is 0 Å². The number of benzene rings is 1. The van der Waals surface area contributed by atoms with Gasteiger partial charge >= 0.3 is 0 Å². The van der Waals surface area contributed by atoms with Crippen molar-refractivity contribution >= 4 is 23.2 Å². The Morgan fingerprint density at radius 3 is 2.81 bits per heavy atom. The molecule has 84 valence electrons. The van der Waals surface area contributed by atoms with E-state index in [9.17, 15) is 9.59 Å². The van der Waals surface area contributed by atoms with E-state index < -0.39 is 6.04 Å². The van der Waals surface area contributed by atoms with Crippen LogP contribution >= 0.6 is 0 Å². The summed E-state index contributed by atoms with van der Waals surface area (Å²) in [6.07, 6.45) is 0.944. The quantitative estimate of drug-likeness (QED) is 0.633. The maximum absolute atomic E-state index is 11.7. The molecule has 1 unspecified atom stereocenters. The summed E-state index contributed by atoms with van der Waals surface area (Å²) in [5.74, 6) is -0.301. The molecule has 1 aromatic rings. The highest BCUT2D eigenvalue weighted by Gasteiger charge is 2.27. The fourth-order valence-electron chi connectivity index (χ4n) is 1.64. The van der Waals surface area contributed by atoms with Crippen LogP contribution in [0.15, 0.2) is 24.3 Å². The van der Waals surface area contributed by atoms with Gasteiger partial charge in [-0.15, -0.1) is 0 Å². The van der Waals surface area contributed by atoms with Crippen molar-refractivity contribution in [2.24, 2.45) is 0 Å². The van der Waals surface area contributed by atoms with Gasteiger partial charge in [0.15, 0.2) is 0 Å². The minimum atomic E-state index is -0.438. The number of carbonyl (C=O) groups is 2. The first kappa shape index (κ1) is 10.5. The molecule has 5 heteroatoms. The molecule has 0 aromatic heterocycles. The van der Waals surface area contributed by atoms with Crippen LogP contribution in [0.1, 0.15) is 12.8 Å². The molecular formula is C11H13N3O2. The van der Waals surface area contributed by atoms with E-state index in [4.69, 9.17) is 5.73 Å². The van der Waals surface area contributed by atoms with E-state index in [1.807, 2.05) is 0 Å². The zero-order valence-electron chi connectivity index (χ0n) is 8.69. The fraction of sp³-hybridized carbons (Fsp3) is 0.273. The predicted molar refractivity (Wildman–Crippen MR) is 60.6 cm³/mol. The SMILES string of the molecule is Nc1ccccc1NC(=O)C1CCC(=O)N1. The molecule has 1 heterocycles. The minimum Gasteiger partial charge on any atom is -0.397 e. The Morgan fingerprint density at radius 1 is 1.44 bits per heavy atom. The van der Waals surface area contributed by atoms with E-state index in [1.165, 1.54) is 0 Å². The monoisotopic (exact) mass is 219 g/mol. The average molecular weight is 219 g/mol. The highest BCUT2D eigenvalue weighted by Crippen LogP contribution is 2.18. The Balaban J connectivity index is 2.03. The van der Waals surface area contributed by atoms with E-state index in [1.54, 1.807) is 24.3 Å². The molecule has 1 fully saturated rings. The summed E-state index contributed by atoms with van der Waals surface area (Å²) in [6, 6.07) is 6.58. The fourth-order valence-corrected chi connectivity index (χ4v) is 1.64. The molecule has 1 atom stereocenters. The van der Waals surface area contributed by atoms with Crippen molar-refractivity contribution in [3.05, 3.63) is 24.3 Å². The predicted octanol–water partition coefficient (Wildman–Crippen LogP) is 0.486. The van der Waals surface area contributed by atoms with Gasteiger partial charge in [0.05, 0.1) is 11.4 Å². The van der Waals surface area contributed by atoms with Gasteiger partial charge in [0.1, 0.15) is 6.04 Å². The van der Waals surface area contributed by atoms with E-state index in [2.05, 4.69) is 10.6 Å². The van der Waals surface area contributed by atoms with Crippen molar-refractivity contribution in [2.75, 3.05) is 11.1 Å². The van der Waals surface area contributed by atoms with Gasteiger partial charge in [-0.3, -0.25) is 9.59 Å². The smallest absolute Gasteiger partial charge is 0.247 e. The summed E-state index contributed by atoms with van der Waals surface area (Å²) < 4.78 is 0. The lowest BCUT2D eigenvalue weighted by atomic mass is 10.2. The number of nitrogen functional groups attached to an aromatic ring is 1. The first-order valence-electron chi connectivity index (χ1n) is 5.11. The van der Waals surface area contributed by atoms with Crippen LogP contribution in [-0.4, -0.2) is 17.9 Å². The van der Waals surface area contributed by atoms with Gasteiger partial charge in [-0.05, 0) is 18.6 Å². The molecule has 2 amide bonds. The molecule has 0 bridgehead atoms. The van der Waals surface area contributed by atoms with E-state index in [0.717, 1.165) is 0 Å². The van der Waals surface area contributed by atoms with Crippen molar-refractivity contribution in [1.82, 2.24) is 5.32 Å². The maximum Gasteiger partial charge on any atom is 0.247 e. The second kappa shape index (κ2) is 4.22. The highest BCUT2D eigenvalue weighted by molar-refractivity contribution is 6.00. The number of nitrogens with one attached hydrogen (secondary N) is 2. The molecule has 0 radical (unpaired) electrons. The molecule has 0 saturated carbocycles. The average Bonchev–Trinajstić information content (AvgIpc) is 2.68. The molecule has 1 aliphatic rings. The summed E-state index contributed by atoms with van der Waals surface area (Å²) in [4.78, 5) is 22.7. The topological polar surface area (TPSA) is 84.2 Å². The zero-order valence-corrected chi connectivity index (χ0v) is 8.69. The molecule has 16 heavy (non-hydrogen) atoms. The Bertz CT molecular complexity index is 431. The van der Waals surface area contributed by atoms with Crippen molar-refractivity contribution in [2.45, 2.75) is 18.9 Å². The number of anilines is 2. The number of hydrogen-bond donors (Lipinski definition) is 3. The van der Waals surface area contributed by atoms with Gasteiger partial charge in [-0.1, -0.05) is 12.1 Å². The maximum atomic E-state index is 11.7. The number of nitrogens with two attached hydrogens (primary N) is 1. The third kappa shape index (κ3) is 2.13. The van der Waals surface area contributed by atoms with Gasteiger partial charge in [-0.2, -0.15) is 0 Å². The summed E-state index contributed by atoms with van der Waals surface area (Å²) in [5, 5.41) is 5.30. The molecular weight excluding hydrogens is 206 g/mol. The largest absolute Gasteiger partial charge is 0.397 e. The van der Waals surface area contributed by atoms with Crippen LogP contribution in [0.2, 0.25) is 0 Å². The first-order chi connectivity index (χ1) is 7.66. The Morgan fingerprint density at radius 2 is 2.19 bits per heavy atom. The van der Waals surface area contributed by atoms with Gasteiger partial charge in [-0.25, -0.2) is 0 Å². The van der Waals surface area contributed by atoms with Crippen molar-refractivity contribution in [3.63, 3.8) is 0 Å². The number of rotatable bonds is 2. The highest BCUT2D eigenvalue weighted by atomic mass is 16.2. The number of para-hydroxylation sites is 2. The number of carbonyl (C=O) groups excluding carboxylic acids is 2.